The summed E-state index contributed by atoms with van der Waals surface area (Å²) in [5, 5.41) is 35.8. The fraction of sp³-hybridized carbons (Fsp3) is 0.357. The van der Waals surface area contributed by atoms with Crippen LogP contribution in [-0.2, 0) is 17.6 Å². The van der Waals surface area contributed by atoms with Crippen molar-refractivity contribution in [3.05, 3.63) is 89.0 Å². The summed E-state index contributed by atoms with van der Waals surface area (Å²) in [5.74, 6) is -1.40. The number of rotatable bonds is 10. The first-order valence-electron chi connectivity index (χ1n) is 12.1. The third-order valence-corrected chi connectivity index (χ3v) is 6.51. The van der Waals surface area contributed by atoms with Gasteiger partial charge in [-0.25, -0.2) is 9.07 Å². The number of carboxylic acids is 1. The number of nitrogens with zero attached hydrogens (tertiary/aromatic N) is 2. The summed E-state index contributed by atoms with van der Waals surface area (Å²) >= 11 is 0. The molecule has 2 aromatic carbocycles. The quantitative estimate of drug-likeness (QED) is 0.391. The maximum Gasteiger partial charge on any atom is 1.00 e. The van der Waals surface area contributed by atoms with Crippen LogP contribution in [0.25, 0.3) is 11.8 Å². The van der Waals surface area contributed by atoms with Gasteiger partial charge in [-0.1, -0.05) is 36.4 Å². The molecule has 8 heteroatoms. The number of aryl methyl sites for hydroxylation is 1. The largest absolute Gasteiger partial charge is 1.00 e. The molecule has 1 aliphatic carbocycles. The van der Waals surface area contributed by atoms with Crippen molar-refractivity contribution in [2.24, 2.45) is 0 Å². The summed E-state index contributed by atoms with van der Waals surface area (Å²) in [7, 11) is 0. The number of aliphatic hydroxyl groups is 2. The van der Waals surface area contributed by atoms with Gasteiger partial charge < -0.3 is 20.1 Å². The molecule has 3 atom stereocenters. The maximum atomic E-state index is 13.6. The van der Waals surface area contributed by atoms with Gasteiger partial charge in [-0.05, 0) is 68.0 Å². The molecule has 1 aromatic heterocycles. The fourth-order valence-electron chi connectivity index (χ4n) is 4.78. The second kappa shape index (κ2) is 13.3. The molecule has 4 rings (SSSR count). The molecule has 0 saturated carbocycles. The summed E-state index contributed by atoms with van der Waals surface area (Å²) in [6.07, 6.45) is 5.28. The predicted octanol–water partition coefficient (Wildman–Crippen LogP) is 0.333. The number of carbonyl (C=O) groups excluding carboxylic acids is 1. The fourth-order valence-corrected chi connectivity index (χ4v) is 4.78. The average Bonchev–Trinajstić information content (AvgIpc) is 3.21. The topological polar surface area (TPSA) is 98.4 Å². The first kappa shape index (κ1) is 28.3. The van der Waals surface area contributed by atoms with Crippen LogP contribution in [0.1, 0.15) is 60.5 Å². The molecule has 0 saturated heterocycles. The van der Waals surface area contributed by atoms with E-state index in [9.17, 15) is 24.5 Å². The normalized spacial score (nSPS) is 16.8. The van der Waals surface area contributed by atoms with Crippen LogP contribution in [0.5, 0.6) is 0 Å². The van der Waals surface area contributed by atoms with E-state index in [0.29, 0.717) is 11.6 Å². The van der Waals surface area contributed by atoms with E-state index in [0.717, 1.165) is 49.1 Å². The molecule has 1 heterocycles. The van der Waals surface area contributed by atoms with E-state index in [4.69, 9.17) is 5.10 Å². The van der Waals surface area contributed by atoms with E-state index in [2.05, 4.69) is 12.1 Å². The molecule has 0 spiro atoms. The van der Waals surface area contributed by atoms with E-state index in [-0.39, 0.29) is 41.8 Å². The number of benzene rings is 2. The minimum Gasteiger partial charge on any atom is -0.550 e. The molecule has 2 N–H and O–H groups in total. The summed E-state index contributed by atoms with van der Waals surface area (Å²) in [5.41, 5.74) is 4.95. The Kier molecular flexibility index (Phi) is 10.5. The van der Waals surface area contributed by atoms with Gasteiger partial charge >= 0.3 is 29.6 Å². The van der Waals surface area contributed by atoms with Gasteiger partial charge in [0.2, 0.25) is 0 Å². The van der Waals surface area contributed by atoms with Crippen molar-refractivity contribution in [3.8, 4) is 5.69 Å². The molecule has 36 heavy (non-hydrogen) atoms. The molecular formula is C28H30FN2NaO4. The number of halogens is 1. The van der Waals surface area contributed by atoms with Crippen LogP contribution in [0.15, 0.2) is 60.7 Å². The number of fused-ring (bicyclic) bond motifs is 1. The van der Waals surface area contributed by atoms with Crippen molar-refractivity contribution in [2.45, 2.75) is 63.1 Å². The maximum absolute atomic E-state index is 13.6. The standard InChI is InChI=1S/C28H31FN2O4.Na/c29-21-11-13-22(14-12-21)31-26(16-15-23(32)17-24(33)18-27(34)35)25-8-4-7-20(28(25)30-31)10-9-19-5-2-1-3-6-19;/h1-3,5-6,11-16,20,23-24,32-33H,4,7-10,17-18H2,(H,34,35);/q;+1/p-1/b16-15+;/t20?,23-,24-;/m0./s1. The Labute approximate surface area is 232 Å². The van der Waals surface area contributed by atoms with Crippen molar-refractivity contribution in [3.63, 3.8) is 0 Å². The Morgan fingerprint density at radius 1 is 1.17 bits per heavy atom. The minimum absolute atomic E-state index is 0. The summed E-state index contributed by atoms with van der Waals surface area (Å²) in [6.45, 7) is 0. The summed E-state index contributed by atoms with van der Waals surface area (Å²) < 4.78 is 15.4. The second-order valence-corrected chi connectivity index (χ2v) is 9.14. The zero-order valence-corrected chi connectivity index (χ0v) is 22.5. The molecule has 0 bridgehead atoms. The molecular weight excluding hydrogens is 470 g/mol. The van der Waals surface area contributed by atoms with Crippen LogP contribution < -0.4 is 34.7 Å². The zero-order valence-electron chi connectivity index (χ0n) is 20.5. The molecule has 0 fully saturated rings. The van der Waals surface area contributed by atoms with Gasteiger partial charge in [0.05, 0.1) is 29.3 Å². The third-order valence-electron chi connectivity index (χ3n) is 6.51. The smallest absolute Gasteiger partial charge is 0.550 e. The molecule has 0 radical (unpaired) electrons. The Bertz CT molecular complexity index is 1160. The summed E-state index contributed by atoms with van der Waals surface area (Å²) in [4.78, 5) is 10.7. The van der Waals surface area contributed by atoms with Crippen molar-refractivity contribution >= 4 is 12.0 Å². The van der Waals surface area contributed by atoms with Crippen LogP contribution in [0.3, 0.4) is 0 Å². The minimum atomic E-state index is -1.36. The van der Waals surface area contributed by atoms with Gasteiger partial charge in [0.1, 0.15) is 5.82 Å². The molecule has 0 amide bonds. The van der Waals surface area contributed by atoms with E-state index in [1.807, 2.05) is 18.2 Å². The van der Waals surface area contributed by atoms with E-state index in [1.54, 1.807) is 29.0 Å². The van der Waals surface area contributed by atoms with Crippen molar-refractivity contribution in [2.75, 3.05) is 0 Å². The molecule has 1 unspecified atom stereocenters. The first-order chi connectivity index (χ1) is 16.9. The Balaban J connectivity index is 0.00000361. The Morgan fingerprint density at radius 3 is 2.58 bits per heavy atom. The summed E-state index contributed by atoms with van der Waals surface area (Å²) in [6, 6.07) is 16.5. The number of carboxylic acid groups (broad SMARTS) is 1. The SMILES string of the molecule is O=C([O-])C[C@@H](O)C[C@@H](O)/C=C/c1c2c(nn1-c1ccc(F)cc1)C(CCc1ccccc1)CCC2.[Na+]. The molecule has 184 valence electrons. The molecule has 0 aliphatic heterocycles. The molecule has 1 aliphatic rings. The number of hydrogen-bond donors (Lipinski definition) is 2. The Hall–Kier alpha value is -2.29. The Morgan fingerprint density at radius 2 is 1.89 bits per heavy atom. The van der Waals surface area contributed by atoms with E-state index in [1.165, 1.54) is 17.7 Å². The number of aliphatic carboxylic acids is 1. The van der Waals surface area contributed by atoms with Crippen LogP contribution in [-0.4, -0.2) is 38.2 Å². The van der Waals surface area contributed by atoms with Gasteiger partial charge in [0.25, 0.3) is 0 Å². The first-order valence-corrected chi connectivity index (χ1v) is 12.1. The van der Waals surface area contributed by atoms with Crippen LogP contribution >= 0.6 is 0 Å². The van der Waals surface area contributed by atoms with Crippen LogP contribution in [0, 0.1) is 5.82 Å². The van der Waals surface area contributed by atoms with Crippen molar-refractivity contribution < 1.29 is 54.1 Å². The second-order valence-electron chi connectivity index (χ2n) is 9.14. The van der Waals surface area contributed by atoms with E-state index < -0.39 is 24.6 Å². The van der Waals surface area contributed by atoms with Gasteiger partial charge in [-0.15, -0.1) is 0 Å². The zero-order chi connectivity index (χ0) is 24.8. The number of aromatic nitrogens is 2. The molecule has 3 aromatic rings. The predicted molar refractivity (Wildman–Crippen MR) is 129 cm³/mol. The van der Waals surface area contributed by atoms with Crippen molar-refractivity contribution in [1.29, 1.82) is 0 Å². The van der Waals surface area contributed by atoms with Gasteiger partial charge in [0.15, 0.2) is 0 Å². The number of hydrogen-bond acceptors (Lipinski definition) is 5. The monoisotopic (exact) mass is 500 g/mol. The number of aliphatic hydroxyl groups excluding tert-OH is 2. The average molecular weight is 501 g/mol. The van der Waals surface area contributed by atoms with Gasteiger partial charge in [-0.3, -0.25) is 0 Å². The third kappa shape index (κ3) is 7.37. The van der Waals surface area contributed by atoms with Crippen LogP contribution in [0.4, 0.5) is 4.39 Å². The van der Waals surface area contributed by atoms with Gasteiger partial charge in [-0.2, -0.15) is 5.10 Å². The van der Waals surface area contributed by atoms with Crippen LogP contribution in [0.2, 0.25) is 0 Å². The number of carbonyl (C=O) groups is 1. The van der Waals surface area contributed by atoms with E-state index >= 15 is 0 Å². The van der Waals surface area contributed by atoms with Crippen molar-refractivity contribution in [1.82, 2.24) is 9.78 Å². The van der Waals surface area contributed by atoms with Gasteiger partial charge in [0, 0.05) is 30.3 Å². The molecule has 6 nitrogen and oxygen atoms in total.